The van der Waals surface area contributed by atoms with E-state index in [4.69, 9.17) is 18.0 Å². The third kappa shape index (κ3) is 3.44. The van der Waals surface area contributed by atoms with Crippen molar-refractivity contribution in [1.29, 1.82) is 0 Å². The number of aryl methyl sites for hydroxylation is 1. The van der Waals surface area contributed by atoms with Crippen molar-refractivity contribution in [3.63, 3.8) is 0 Å². The summed E-state index contributed by atoms with van der Waals surface area (Å²) >= 11 is 7.13. The van der Waals surface area contributed by atoms with Crippen LogP contribution in [0.4, 0.5) is 5.82 Å². The molecule has 0 bridgehead atoms. The van der Waals surface area contributed by atoms with Crippen LogP contribution in [0.5, 0.6) is 0 Å². The summed E-state index contributed by atoms with van der Waals surface area (Å²) in [5.41, 5.74) is 7.80. The highest BCUT2D eigenvalue weighted by Gasteiger charge is 2.31. The third-order valence-corrected chi connectivity index (χ3v) is 5.80. The lowest BCUT2D eigenvalue weighted by molar-refractivity contribution is 0.411. The second kappa shape index (κ2) is 6.76. The van der Waals surface area contributed by atoms with Gasteiger partial charge in [0.2, 0.25) is 0 Å². The molecule has 1 aromatic rings. The van der Waals surface area contributed by atoms with Crippen LogP contribution < -0.4 is 11.1 Å². The lowest BCUT2D eigenvalue weighted by atomic mass is 9.88. The summed E-state index contributed by atoms with van der Waals surface area (Å²) in [7, 11) is 0. The van der Waals surface area contributed by atoms with Crippen molar-refractivity contribution in [2.24, 2.45) is 5.73 Å². The predicted octanol–water partition coefficient (Wildman–Crippen LogP) is 3.50. The van der Waals surface area contributed by atoms with Crippen molar-refractivity contribution in [3.05, 3.63) is 23.4 Å². The molecular weight excluding hydrogens is 286 g/mol. The Morgan fingerprint density at radius 1 is 1.45 bits per heavy atom. The highest BCUT2D eigenvalue weighted by Crippen LogP contribution is 2.38. The molecule has 0 radical (unpaired) electrons. The molecule has 3 N–H and O–H groups in total. The Bertz CT molecular complexity index is 482. The number of rotatable bonds is 5. The van der Waals surface area contributed by atoms with E-state index in [2.05, 4.69) is 16.6 Å². The maximum absolute atomic E-state index is 5.84. The third-order valence-electron chi connectivity index (χ3n) is 4.18. The maximum Gasteiger partial charge on any atom is 0.136 e. The van der Waals surface area contributed by atoms with Crippen LogP contribution in [-0.4, -0.2) is 27.5 Å². The molecule has 110 valence electrons. The van der Waals surface area contributed by atoms with Gasteiger partial charge in [0.15, 0.2) is 0 Å². The molecule has 2 rings (SSSR count). The molecule has 0 amide bonds. The van der Waals surface area contributed by atoms with Crippen molar-refractivity contribution in [2.75, 3.05) is 18.1 Å². The molecule has 1 heterocycles. The first-order valence-electron chi connectivity index (χ1n) is 7.12. The van der Waals surface area contributed by atoms with Crippen molar-refractivity contribution in [2.45, 2.75) is 43.8 Å². The minimum Gasteiger partial charge on any atom is -0.389 e. The van der Waals surface area contributed by atoms with Gasteiger partial charge in [-0.15, -0.1) is 0 Å². The van der Waals surface area contributed by atoms with Crippen LogP contribution >= 0.6 is 24.0 Å². The number of thiocarbonyl (C=S) groups is 1. The molecule has 1 saturated carbocycles. The van der Waals surface area contributed by atoms with Crippen LogP contribution in [0.2, 0.25) is 0 Å². The van der Waals surface area contributed by atoms with Gasteiger partial charge in [-0.2, -0.15) is 11.8 Å². The number of nitrogens with zero attached hydrogens (tertiary/aromatic N) is 1. The molecule has 0 aromatic carbocycles. The molecule has 0 spiro atoms. The van der Waals surface area contributed by atoms with Gasteiger partial charge in [0, 0.05) is 17.5 Å². The number of nitrogens with one attached hydrogen (secondary N) is 1. The fraction of sp³-hybridized carbons (Fsp3) is 0.600. The Balaban J connectivity index is 2.14. The molecule has 20 heavy (non-hydrogen) atoms. The summed E-state index contributed by atoms with van der Waals surface area (Å²) in [5.74, 6) is 0.830. The smallest absolute Gasteiger partial charge is 0.136 e. The monoisotopic (exact) mass is 309 g/mol. The van der Waals surface area contributed by atoms with Crippen molar-refractivity contribution in [3.8, 4) is 0 Å². The van der Waals surface area contributed by atoms with E-state index in [1.165, 1.54) is 32.1 Å². The second-order valence-corrected chi connectivity index (χ2v) is 7.23. The minimum absolute atomic E-state index is 0.331. The van der Waals surface area contributed by atoms with E-state index in [-0.39, 0.29) is 0 Å². The van der Waals surface area contributed by atoms with Crippen LogP contribution in [0.3, 0.4) is 0 Å². The van der Waals surface area contributed by atoms with Crippen LogP contribution in [0, 0.1) is 6.92 Å². The van der Waals surface area contributed by atoms with E-state index in [0.29, 0.717) is 9.74 Å². The van der Waals surface area contributed by atoms with E-state index >= 15 is 0 Å². The minimum atomic E-state index is 0.331. The quantitative estimate of drug-likeness (QED) is 0.815. The molecule has 0 unspecified atom stereocenters. The van der Waals surface area contributed by atoms with Gasteiger partial charge in [0.1, 0.15) is 10.8 Å². The SMILES string of the molecule is CSC1(CNc2nccc(C)c2C(N)=S)CCCCC1. The molecule has 1 aromatic heterocycles. The van der Waals surface area contributed by atoms with Gasteiger partial charge in [-0.25, -0.2) is 4.98 Å². The molecule has 5 heteroatoms. The standard InChI is InChI=1S/C15H23N3S2/c1-11-6-9-17-14(12(11)13(16)19)18-10-15(20-2)7-4-3-5-8-15/h6,9H,3-5,7-8,10H2,1-2H3,(H2,16,19)(H,17,18). The van der Waals surface area contributed by atoms with Crippen molar-refractivity contribution in [1.82, 2.24) is 4.98 Å². The predicted molar refractivity (Wildman–Crippen MR) is 92.7 cm³/mol. The highest BCUT2D eigenvalue weighted by molar-refractivity contribution is 8.00. The molecule has 0 saturated heterocycles. The number of hydrogen-bond donors (Lipinski definition) is 2. The summed E-state index contributed by atoms with van der Waals surface area (Å²) in [6.07, 6.45) is 10.6. The summed E-state index contributed by atoms with van der Waals surface area (Å²) in [6, 6.07) is 1.95. The lowest BCUT2D eigenvalue weighted by Gasteiger charge is -2.36. The fourth-order valence-corrected chi connectivity index (χ4v) is 4.07. The summed E-state index contributed by atoms with van der Waals surface area (Å²) in [6.45, 7) is 2.95. The molecule has 1 aliphatic carbocycles. The number of aromatic nitrogens is 1. The van der Waals surface area contributed by atoms with E-state index < -0.39 is 0 Å². The van der Waals surface area contributed by atoms with Gasteiger partial charge in [-0.05, 0) is 37.7 Å². The normalized spacial score (nSPS) is 17.7. The molecule has 3 nitrogen and oxygen atoms in total. The topological polar surface area (TPSA) is 50.9 Å². The zero-order valence-corrected chi connectivity index (χ0v) is 13.9. The molecule has 1 aliphatic rings. The van der Waals surface area contributed by atoms with Crippen molar-refractivity contribution >= 4 is 34.8 Å². The maximum atomic E-state index is 5.84. The second-order valence-electron chi connectivity index (χ2n) is 5.52. The highest BCUT2D eigenvalue weighted by atomic mass is 32.2. The van der Waals surface area contributed by atoms with E-state index in [1.54, 1.807) is 0 Å². The van der Waals surface area contributed by atoms with Crippen LogP contribution in [-0.2, 0) is 0 Å². The number of nitrogens with two attached hydrogens (primary N) is 1. The number of hydrogen-bond acceptors (Lipinski definition) is 4. The molecule has 0 aliphatic heterocycles. The Hall–Kier alpha value is -0.810. The summed E-state index contributed by atoms with van der Waals surface area (Å²) in [4.78, 5) is 4.84. The lowest BCUT2D eigenvalue weighted by Crippen LogP contribution is -2.36. The average molecular weight is 310 g/mol. The fourth-order valence-electron chi connectivity index (χ4n) is 2.90. The Kier molecular flexibility index (Phi) is 5.27. The van der Waals surface area contributed by atoms with Gasteiger partial charge in [-0.1, -0.05) is 31.5 Å². The van der Waals surface area contributed by atoms with E-state index in [9.17, 15) is 0 Å². The van der Waals surface area contributed by atoms with E-state index in [0.717, 1.165) is 23.5 Å². The first kappa shape index (κ1) is 15.6. The largest absolute Gasteiger partial charge is 0.389 e. The zero-order valence-electron chi connectivity index (χ0n) is 12.2. The zero-order chi connectivity index (χ0) is 14.6. The van der Waals surface area contributed by atoms with Gasteiger partial charge in [0.05, 0.1) is 5.56 Å². The molecule has 1 fully saturated rings. The van der Waals surface area contributed by atoms with Gasteiger partial charge < -0.3 is 11.1 Å². The number of thioether (sulfide) groups is 1. The Morgan fingerprint density at radius 3 is 2.75 bits per heavy atom. The van der Waals surface area contributed by atoms with Crippen LogP contribution in [0.25, 0.3) is 0 Å². The Labute approximate surface area is 131 Å². The van der Waals surface area contributed by atoms with Crippen molar-refractivity contribution < 1.29 is 0 Å². The van der Waals surface area contributed by atoms with Gasteiger partial charge in [-0.3, -0.25) is 0 Å². The van der Waals surface area contributed by atoms with Crippen LogP contribution in [0.1, 0.15) is 43.2 Å². The summed E-state index contributed by atoms with van der Waals surface area (Å²) < 4.78 is 0.331. The number of anilines is 1. The first-order valence-corrected chi connectivity index (χ1v) is 8.76. The molecule has 0 atom stereocenters. The van der Waals surface area contributed by atoms with E-state index in [1.807, 2.05) is 30.9 Å². The van der Waals surface area contributed by atoms with Gasteiger partial charge >= 0.3 is 0 Å². The summed E-state index contributed by atoms with van der Waals surface area (Å²) in [5, 5.41) is 3.50. The van der Waals surface area contributed by atoms with Gasteiger partial charge in [0.25, 0.3) is 0 Å². The first-order chi connectivity index (χ1) is 9.58. The van der Waals surface area contributed by atoms with Crippen LogP contribution in [0.15, 0.2) is 12.3 Å². The number of pyridine rings is 1. The average Bonchev–Trinajstić information content (AvgIpc) is 2.45. The molecular formula is C15H23N3S2. The Morgan fingerprint density at radius 2 is 2.15 bits per heavy atom.